The van der Waals surface area contributed by atoms with Crippen LogP contribution in [-0.4, -0.2) is 51.9 Å². The lowest BCUT2D eigenvalue weighted by atomic mass is 10.0. The first kappa shape index (κ1) is 23.6. The number of fused-ring (bicyclic) bond motifs is 1. The molecule has 3 amide bonds. The standard InChI is InChI=1S/C24H26N4O5S/c29-20(13-7-6-12-19-22-17(14-34-19)26-24(31)27-22)33-18-11-5-4-10-16(18)25-23(30)21(28-32)15-8-2-1-3-9-15/h1-5,8-11,17,19,22,32H,6-7,12-14H2,(H,25,30)(H2,26,27,31)/b28-21+/t17-,19-,22-/m0/s1. The van der Waals surface area contributed by atoms with Crippen LogP contribution < -0.4 is 20.7 Å². The highest BCUT2D eigenvalue weighted by molar-refractivity contribution is 8.00. The second-order valence-corrected chi connectivity index (χ2v) is 9.38. The first-order chi connectivity index (χ1) is 16.5. The van der Waals surface area contributed by atoms with E-state index in [0.29, 0.717) is 22.9 Å². The zero-order valence-corrected chi connectivity index (χ0v) is 19.2. The van der Waals surface area contributed by atoms with E-state index in [1.54, 1.807) is 54.6 Å². The number of unbranched alkanes of at least 4 members (excludes halogenated alkanes) is 1. The van der Waals surface area contributed by atoms with Gasteiger partial charge in [-0.3, -0.25) is 9.59 Å². The average molecular weight is 483 g/mol. The van der Waals surface area contributed by atoms with Crippen LogP contribution in [0.2, 0.25) is 0 Å². The van der Waals surface area contributed by atoms with Crippen molar-refractivity contribution in [1.29, 1.82) is 0 Å². The zero-order valence-electron chi connectivity index (χ0n) is 18.4. The molecule has 10 heteroatoms. The molecule has 2 heterocycles. The maximum absolute atomic E-state index is 12.6. The van der Waals surface area contributed by atoms with Gasteiger partial charge in [-0.05, 0) is 25.0 Å². The van der Waals surface area contributed by atoms with E-state index >= 15 is 0 Å². The molecular weight excluding hydrogens is 456 g/mol. The largest absolute Gasteiger partial charge is 0.424 e. The predicted octanol–water partition coefficient (Wildman–Crippen LogP) is 3.13. The SMILES string of the molecule is O=C1N[C@H]2[C@H](CS[C@H]2CCCCC(=O)Oc2ccccc2NC(=O)/C(=N/O)c2ccccc2)N1. The third kappa shape index (κ3) is 5.69. The van der Waals surface area contributed by atoms with E-state index in [9.17, 15) is 19.6 Å². The summed E-state index contributed by atoms with van der Waals surface area (Å²) in [5, 5.41) is 21.3. The number of benzene rings is 2. The minimum atomic E-state index is -0.627. The molecule has 0 aromatic heterocycles. The van der Waals surface area contributed by atoms with Crippen molar-refractivity contribution >= 4 is 41.1 Å². The van der Waals surface area contributed by atoms with E-state index in [4.69, 9.17) is 4.74 Å². The normalized spacial score (nSPS) is 21.4. The van der Waals surface area contributed by atoms with Gasteiger partial charge in [-0.1, -0.05) is 54.0 Å². The summed E-state index contributed by atoms with van der Waals surface area (Å²) in [6, 6.07) is 15.4. The number of urea groups is 1. The van der Waals surface area contributed by atoms with Gasteiger partial charge >= 0.3 is 12.0 Å². The molecule has 0 unspecified atom stereocenters. The van der Waals surface area contributed by atoms with Gasteiger partial charge in [0, 0.05) is 23.0 Å². The van der Waals surface area contributed by atoms with E-state index < -0.39 is 11.9 Å². The predicted molar refractivity (Wildman–Crippen MR) is 129 cm³/mol. The second-order valence-electron chi connectivity index (χ2n) is 8.11. The Balaban J connectivity index is 1.27. The van der Waals surface area contributed by atoms with Gasteiger partial charge < -0.3 is 25.9 Å². The van der Waals surface area contributed by atoms with Crippen LogP contribution in [0.4, 0.5) is 10.5 Å². The summed E-state index contributed by atoms with van der Waals surface area (Å²) >= 11 is 1.85. The smallest absolute Gasteiger partial charge is 0.315 e. The maximum atomic E-state index is 12.6. The minimum absolute atomic E-state index is 0.101. The number of carbonyl (C=O) groups excluding carboxylic acids is 3. The fourth-order valence-electron chi connectivity index (χ4n) is 4.10. The molecule has 9 nitrogen and oxygen atoms in total. The van der Waals surface area contributed by atoms with Crippen molar-refractivity contribution in [3.63, 3.8) is 0 Å². The summed E-state index contributed by atoms with van der Waals surface area (Å²) in [6.07, 6.45) is 2.67. The van der Waals surface area contributed by atoms with Crippen LogP contribution >= 0.6 is 11.8 Å². The molecule has 2 aromatic rings. The molecule has 2 saturated heterocycles. The van der Waals surface area contributed by atoms with Crippen molar-refractivity contribution in [3.8, 4) is 5.75 Å². The number of hydrogen-bond acceptors (Lipinski definition) is 7. The molecule has 2 aliphatic rings. The lowest BCUT2D eigenvalue weighted by molar-refractivity contribution is -0.134. The van der Waals surface area contributed by atoms with Gasteiger partial charge in [-0.2, -0.15) is 11.8 Å². The number of amides is 3. The van der Waals surface area contributed by atoms with Crippen molar-refractivity contribution in [2.24, 2.45) is 5.16 Å². The van der Waals surface area contributed by atoms with E-state index in [1.807, 2.05) is 11.8 Å². The molecular formula is C24H26N4O5S. The first-order valence-corrected chi connectivity index (χ1v) is 12.2. The number of nitrogens with one attached hydrogen (secondary N) is 3. The van der Waals surface area contributed by atoms with Crippen molar-refractivity contribution in [2.75, 3.05) is 11.1 Å². The van der Waals surface area contributed by atoms with Crippen LogP contribution in [-0.2, 0) is 9.59 Å². The van der Waals surface area contributed by atoms with Crippen molar-refractivity contribution in [3.05, 3.63) is 60.2 Å². The molecule has 0 bridgehead atoms. The molecule has 2 aromatic carbocycles. The summed E-state index contributed by atoms with van der Waals surface area (Å²) in [4.78, 5) is 36.5. The molecule has 4 rings (SSSR count). The molecule has 0 radical (unpaired) electrons. The molecule has 34 heavy (non-hydrogen) atoms. The summed E-state index contributed by atoms with van der Waals surface area (Å²) in [5.74, 6) is 0.109. The fourth-order valence-corrected chi connectivity index (χ4v) is 5.65. The number of thioether (sulfide) groups is 1. The Hall–Kier alpha value is -3.53. The first-order valence-electron chi connectivity index (χ1n) is 11.1. The Morgan fingerprint density at radius 3 is 2.65 bits per heavy atom. The summed E-state index contributed by atoms with van der Waals surface area (Å²) in [5.41, 5.74) is 0.606. The second kappa shape index (κ2) is 11.1. The van der Waals surface area contributed by atoms with E-state index in [2.05, 4.69) is 21.1 Å². The Kier molecular flexibility index (Phi) is 7.69. The average Bonchev–Trinajstić information content (AvgIpc) is 3.38. The van der Waals surface area contributed by atoms with Gasteiger partial charge in [-0.15, -0.1) is 0 Å². The zero-order chi connectivity index (χ0) is 23.9. The molecule has 3 atom stereocenters. The van der Waals surface area contributed by atoms with Gasteiger partial charge in [0.05, 0.1) is 17.8 Å². The number of ether oxygens (including phenoxy) is 1. The number of carbonyl (C=O) groups is 3. The number of esters is 1. The molecule has 0 spiro atoms. The highest BCUT2D eigenvalue weighted by Crippen LogP contribution is 2.33. The lowest BCUT2D eigenvalue weighted by Gasteiger charge is -2.16. The highest BCUT2D eigenvalue weighted by Gasteiger charge is 2.42. The molecule has 2 fully saturated rings. The fraction of sp³-hybridized carbons (Fsp3) is 0.333. The van der Waals surface area contributed by atoms with Crippen molar-refractivity contribution in [2.45, 2.75) is 43.0 Å². The van der Waals surface area contributed by atoms with Crippen LogP contribution in [0.3, 0.4) is 0 Å². The Morgan fingerprint density at radius 1 is 1.09 bits per heavy atom. The highest BCUT2D eigenvalue weighted by atomic mass is 32.2. The third-order valence-electron chi connectivity index (χ3n) is 5.78. The van der Waals surface area contributed by atoms with Gasteiger partial charge in [0.25, 0.3) is 5.91 Å². The summed E-state index contributed by atoms with van der Waals surface area (Å²) < 4.78 is 5.49. The van der Waals surface area contributed by atoms with Crippen LogP contribution in [0, 0.1) is 0 Å². The number of oxime groups is 1. The number of para-hydroxylation sites is 2. The topological polar surface area (TPSA) is 129 Å². The monoisotopic (exact) mass is 482 g/mol. The Labute approximate surface area is 201 Å². The number of hydrogen-bond donors (Lipinski definition) is 4. The molecule has 4 N–H and O–H groups in total. The molecule has 178 valence electrons. The van der Waals surface area contributed by atoms with Gasteiger partial charge in [-0.25, -0.2) is 4.79 Å². The van der Waals surface area contributed by atoms with Crippen LogP contribution in [0.5, 0.6) is 5.75 Å². The van der Waals surface area contributed by atoms with Gasteiger partial charge in [0.2, 0.25) is 0 Å². The minimum Gasteiger partial charge on any atom is -0.424 e. The van der Waals surface area contributed by atoms with E-state index in [0.717, 1.165) is 18.6 Å². The molecule has 0 saturated carbocycles. The Bertz CT molecular complexity index is 1080. The number of nitrogens with zero attached hydrogens (tertiary/aromatic N) is 1. The van der Waals surface area contributed by atoms with Crippen LogP contribution in [0.1, 0.15) is 31.2 Å². The number of anilines is 1. The van der Waals surface area contributed by atoms with Crippen molar-refractivity contribution in [1.82, 2.24) is 10.6 Å². The van der Waals surface area contributed by atoms with Crippen LogP contribution in [0.25, 0.3) is 0 Å². The van der Waals surface area contributed by atoms with Gasteiger partial charge in [0.15, 0.2) is 11.5 Å². The summed E-state index contributed by atoms with van der Waals surface area (Å²) in [6.45, 7) is 0. The van der Waals surface area contributed by atoms with Gasteiger partial charge in [0.1, 0.15) is 0 Å². The van der Waals surface area contributed by atoms with E-state index in [-0.39, 0.29) is 36.0 Å². The van der Waals surface area contributed by atoms with E-state index in [1.165, 1.54) is 0 Å². The molecule has 0 aliphatic carbocycles. The third-order valence-corrected chi connectivity index (χ3v) is 7.29. The maximum Gasteiger partial charge on any atom is 0.315 e. The number of rotatable bonds is 9. The van der Waals surface area contributed by atoms with Crippen molar-refractivity contribution < 1.29 is 24.3 Å². The quantitative estimate of drug-likeness (QED) is 0.0827. The Morgan fingerprint density at radius 2 is 1.85 bits per heavy atom. The molecule has 2 aliphatic heterocycles. The summed E-state index contributed by atoms with van der Waals surface area (Å²) in [7, 11) is 0. The lowest BCUT2D eigenvalue weighted by Crippen LogP contribution is -2.36. The van der Waals surface area contributed by atoms with Crippen LogP contribution in [0.15, 0.2) is 59.8 Å².